The molecule has 0 aliphatic heterocycles. The predicted octanol–water partition coefficient (Wildman–Crippen LogP) is 0.809. The number of hydrogen-bond acceptors (Lipinski definition) is 4. The number of aromatic nitrogens is 4. The molecule has 0 atom stereocenters. The molecule has 0 saturated heterocycles. The van der Waals surface area contributed by atoms with Gasteiger partial charge in [-0.25, -0.2) is 13.1 Å². The van der Waals surface area contributed by atoms with Crippen LogP contribution in [0.5, 0.6) is 0 Å². The Hall–Kier alpha value is -1.67. The van der Waals surface area contributed by atoms with Gasteiger partial charge in [0.15, 0.2) is 5.03 Å². The standard InChI is InChI=1S/C13H19N5O2S/c1-9-7-14-16-12(9)8-15-21(19,20)13-10-5-3-4-6-11(10)17-18(13)2/h7,15H,3-6,8H2,1-2H3,(H,14,16). The van der Waals surface area contributed by atoms with Crippen molar-refractivity contribution in [3.63, 3.8) is 0 Å². The zero-order valence-electron chi connectivity index (χ0n) is 12.2. The van der Waals surface area contributed by atoms with E-state index in [9.17, 15) is 8.42 Å². The molecule has 0 aromatic carbocycles. The molecule has 0 radical (unpaired) electrons. The van der Waals surface area contributed by atoms with Crippen LogP contribution in [0, 0.1) is 6.92 Å². The molecule has 0 bridgehead atoms. The van der Waals surface area contributed by atoms with Crippen molar-refractivity contribution in [1.82, 2.24) is 24.7 Å². The maximum atomic E-state index is 12.6. The Labute approximate surface area is 123 Å². The summed E-state index contributed by atoms with van der Waals surface area (Å²) in [5.74, 6) is 0. The van der Waals surface area contributed by atoms with E-state index in [0.717, 1.165) is 48.2 Å². The topological polar surface area (TPSA) is 92.7 Å². The van der Waals surface area contributed by atoms with Gasteiger partial charge in [-0.2, -0.15) is 10.2 Å². The quantitative estimate of drug-likeness (QED) is 0.874. The summed E-state index contributed by atoms with van der Waals surface area (Å²) < 4.78 is 29.3. The molecule has 114 valence electrons. The van der Waals surface area contributed by atoms with Crippen molar-refractivity contribution >= 4 is 10.0 Å². The molecule has 0 spiro atoms. The molecule has 1 aliphatic carbocycles. The minimum Gasteiger partial charge on any atom is -0.281 e. The molecule has 0 amide bonds. The van der Waals surface area contributed by atoms with Gasteiger partial charge in [0, 0.05) is 12.6 Å². The van der Waals surface area contributed by atoms with Gasteiger partial charge in [-0.15, -0.1) is 0 Å². The first kappa shape index (κ1) is 14.3. The fraction of sp³-hybridized carbons (Fsp3) is 0.538. The number of sulfonamides is 1. The van der Waals surface area contributed by atoms with Gasteiger partial charge in [0.05, 0.1) is 24.1 Å². The Morgan fingerprint density at radius 2 is 2.14 bits per heavy atom. The van der Waals surface area contributed by atoms with Crippen LogP contribution in [0.25, 0.3) is 0 Å². The predicted molar refractivity (Wildman–Crippen MR) is 77.2 cm³/mol. The van der Waals surface area contributed by atoms with Crippen molar-refractivity contribution in [2.45, 2.75) is 44.2 Å². The largest absolute Gasteiger partial charge is 0.281 e. The van der Waals surface area contributed by atoms with Crippen LogP contribution < -0.4 is 4.72 Å². The Bertz CT molecular complexity index is 760. The lowest BCUT2D eigenvalue weighted by Gasteiger charge is -2.12. The van der Waals surface area contributed by atoms with Crippen LogP contribution in [0.4, 0.5) is 0 Å². The van der Waals surface area contributed by atoms with Crippen molar-refractivity contribution in [1.29, 1.82) is 0 Å². The van der Waals surface area contributed by atoms with E-state index < -0.39 is 10.0 Å². The first-order valence-corrected chi connectivity index (χ1v) is 8.50. The minimum absolute atomic E-state index is 0.203. The van der Waals surface area contributed by atoms with Gasteiger partial charge in [0.25, 0.3) is 10.0 Å². The molecule has 2 aromatic rings. The third kappa shape index (κ3) is 2.60. The van der Waals surface area contributed by atoms with Crippen LogP contribution >= 0.6 is 0 Å². The monoisotopic (exact) mass is 309 g/mol. The van der Waals surface area contributed by atoms with Crippen LogP contribution in [0.2, 0.25) is 0 Å². The first-order chi connectivity index (χ1) is 9.99. The van der Waals surface area contributed by atoms with Crippen LogP contribution in [-0.4, -0.2) is 28.4 Å². The van der Waals surface area contributed by atoms with Crippen LogP contribution in [0.15, 0.2) is 11.2 Å². The molecule has 2 aromatic heterocycles. The number of hydrogen-bond donors (Lipinski definition) is 2. The van der Waals surface area contributed by atoms with Gasteiger partial charge >= 0.3 is 0 Å². The van der Waals surface area contributed by atoms with Crippen molar-refractivity contribution in [2.75, 3.05) is 0 Å². The molecular weight excluding hydrogens is 290 g/mol. The molecule has 3 rings (SSSR count). The van der Waals surface area contributed by atoms with E-state index in [-0.39, 0.29) is 6.54 Å². The molecular formula is C13H19N5O2S. The average molecular weight is 309 g/mol. The van der Waals surface area contributed by atoms with E-state index in [4.69, 9.17) is 0 Å². The van der Waals surface area contributed by atoms with E-state index in [1.54, 1.807) is 13.2 Å². The van der Waals surface area contributed by atoms with E-state index >= 15 is 0 Å². The second-order valence-electron chi connectivity index (χ2n) is 5.42. The van der Waals surface area contributed by atoms with E-state index in [0.29, 0.717) is 5.03 Å². The van der Waals surface area contributed by atoms with Crippen LogP contribution in [0.3, 0.4) is 0 Å². The van der Waals surface area contributed by atoms with Gasteiger partial charge in [0.1, 0.15) is 0 Å². The van der Waals surface area contributed by atoms with Crippen molar-refractivity contribution in [3.05, 3.63) is 28.7 Å². The first-order valence-electron chi connectivity index (χ1n) is 7.02. The number of nitrogens with zero attached hydrogens (tertiary/aromatic N) is 3. The molecule has 0 saturated carbocycles. The zero-order chi connectivity index (χ0) is 15.0. The Kier molecular flexibility index (Phi) is 3.58. The molecule has 1 aliphatic rings. The second-order valence-corrected chi connectivity index (χ2v) is 7.10. The minimum atomic E-state index is -3.58. The van der Waals surface area contributed by atoms with E-state index in [2.05, 4.69) is 20.0 Å². The third-order valence-corrected chi connectivity index (χ3v) is 5.43. The number of rotatable bonds is 4. The van der Waals surface area contributed by atoms with Crippen molar-refractivity contribution in [2.24, 2.45) is 7.05 Å². The lowest BCUT2D eigenvalue weighted by atomic mass is 9.99. The fourth-order valence-corrected chi connectivity index (χ4v) is 4.18. The molecule has 7 nitrogen and oxygen atoms in total. The molecule has 2 heterocycles. The highest BCUT2D eigenvalue weighted by molar-refractivity contribution is 7.89. The van der Waals surface area contributed by atoms with Gasteiger partial charge < -0.3 is 0 Å². The Morgan fingerprint density at radius 1 is 1.38 bits per heavy atom. The molecule has 0 fully saturated rings. The maximum Gasteiger partial charge on any atom is 0.258 e. The molecule has 0 unspecified atom stereocenters. The Morgan fingerprint density at radius 3 is 2.86 bits per heavy atom. The lowest BCUT2D eigenvalue weighted by Crippen LogP contribution is -2.27. The SMILES string of the molecule is Cc1cn[nH]c1CNS(=O)(=O)c1c2c(nn1C)CCCC2. The average Bonchev–Trinajstić information content (AvgIpc) is 2.99. The highest BCUT2D eigenvalue weighted by Gasteiger charge is 2.28. The zero-order valence-corrected chi connectivity index (χ0v) is 13.0. The number of nitrogens with one attached hydrogen (secondary N) is 2. The summed E-state index contributed by atoms with van der Waals surface area (Å²) in [5.41, 5.74) is 3.50. The normalized spacial score (nSPS) is 15.1. The summed E-state index contributed by atoms with van der Waals surface area (Å²) in [4.78, 5) is 0. The molecule has 8 heteroatoms. The van der Waals surface area contributed by atoms with Gasteiger partial charge in [0.2, 0.25) is 0 Å². The Balaban J connectivity index is 1.88. The molecule has 21 heavy (non-hydrogen) atoms. The summed E-state index contributed by atoms with van der Waals surface area (Å²) in [6.07, 6.45) is 5.40. The smallest absolute Gasteiger partial charge is 0.258 e. The summed E-state index contributed by atoms with van der Waals surface area (Å²) in [7, 11) is -1.89. The number of fused-ring (bicyclic) bond motifs is 1. The highest BCUT2D eigenvalue weighted by atomic mass is 32.2. The van der Waals surface area contributed by atoms with E-state index in [1.165, 1.54) is 4.68 Å². The lowest BCUT2D eigenvalue weighted by molar-refractivity contribution is 0.559. The highest BCUT2D eigenvalue weighted by Crippen LogP contribution is 2.26. The summed E-state index contributed by atoms with van der Waals surface area (Å²) in [6.45, 7) is 2.09. The number of aryl methyl sites for hydroxylation is 3. The van der Waals surface area contributed by atoms with Crippen LogP contribution in [0.1, 0.15) is 35.4 Å². The van der Waals surface area contributed by atoms with Crippen molar-refractivity contribution < 1.29 is 8.42 Å². The van der Waals surface area contributed by atoms with Crippen LogP contribution in [-0.2, 0) is 36.5 Å². The van der Waals surface area contributed by atoms with E-state index in [1.807, 2.05) is 6.92 Å². The summed E-state index contributed by atoms with van der Waals surface area (Å²) in [5, 5.41) is 11.4. The molecule has 2 N–H and O–H groups in total. The maximum absolute atomic E-state index is 12.6. The summed E-state index contributed by atoms with van der Waals surface area (Å²) in [6, 6.07) is 0. The summed E-state index contributed by atoms with van der Waals surface area (Å²) >= 11 is 0. The number of H-pyrrole nitrogens is 1. The van der Waals surface area contributed by atoms with Gasteiger partial charge in [-0.1, -0.05) is 0 Å². The number of aromatic amines is 1. The van der Waals surface area contributed by atoms with Crippen molar-refractivity contribution in [3.8, 4) is 0 Å². The van der Waals surface area contributed by atoms with Gasteiger partial charge in [-0.3, -0.25) is 9.78 Å². The second kappa shape index (κ2) is 5.27. The van der Waals surface area contributed by atoms with Gasteiger partial charge in [-0.05, 0) is 38.2 Å². The third-order valence-electron chi connectivity index (χ3n) is 3.89. The fourth-order valence-electron chi connectivity index (χ4n) is 2.78.